The second-order valence-corrected chi connectivity index (χ2v) is 4.14. The van der Waals surface area contributed by atoms with Gasteiger partial charge in [0.2, 0.25) is 0 Å². The maximum Gasteiger partial charge on any atom is 0.116 e. The smallest absolute Gasteiger partial charge is 0.116 e. The number of phenols is 1. The summed E-state index contributed by atoms with van der Waals surface area (Å²) >= 11 is 0. The van der Waals surface area contributed by atoms with Crippen molar-refractivity contribution >= 4 is 27.2 Å². The molecule has 0 atom stereocenters. The van der Waals surface area contributed by atoms with E-state index in [1.165, 1.54) is 0 Å². The first-order valence-electron chi connectivity index (χ1n) is 5.49. The van der Waals surface area contributed by atoms with Crippen LogP contribution >= 0.6 is 0 Å². The van der Waals surface area contributed by atoms with Crippen LogP contribution in [0.25, 0.3) is 21.5 Å². The number of aromatic hydroxyl groups is 1. The molecule has 3 rings (SSSR count). The third-order valence-corrected chi connectivity index (χ3v) is 3.04. The fourth-order valence-corrected chi connectivity index (χ4v) is 2.24. The highest BCUT2D eigenvalue weighted by Crippen LogP contribution is 2.34. The average molecular weight is 241 g/mol. The van der Waals surface area contributed by atoms with Gasteiger partial charge in [0.05, 0.1) is 0 Å². The van der Waals surface area contributed by atoms with Crippen LogP contribution in [-0.2, 0) is 0 Å². The molecule has 0 aliphatic carbocycles. The molecule has 3 aromatic rings. The van der Waals surface area contributed by atoms with E-state index in [-0.39, 0.29) is 11.0 Å². The summed E-state index contributed by atoms with van der Waals surface area (Å²) in [6, 6.07) is 14.0. The average Bonchev–Trinajstić information content (AvgIpc) is 2.37. The molecule has 0 radical (unpaired) electrons. The fourth-order valence-electron chi connectivity index (χ4n) is 2.24. The molecule has 4 nitrogen and oxygen atoms in total. The van der Waals surface area contributed by atoms with Crippen molar-refractivity contribution in [3.05, 3.63) is 48.5 Å². The lowest BCUT2D eigenvalue weighted by atomic mass is 10.0. The van der Waals surface area contributed by atoms with E-state index in [0.29, 0.717) is 11.1 Å². The number of hydrogen-bond acceptors (Lipinski definition) is 4. The molecule has 0 spiro atoms. The zero-order valence-electron chi connectivity index (χ0n) is 9.41. The maximum absolute atomic E-state index is 9.56. The number of phenolic OH excluding ortho intramolecular Hbond substituents is 1. The first kappa shape index (κ1) is 10.8. The predicted molar refractivity (Wildman–Crippen MR) is 69.2 cm³/mol. The van der Waals surface area contributed by atoms with Crippen molar-refractivity contribution in [2.45, 2.75) is 0 Å². The van der Waals surface area contributed by atoms with Gasteiger partial charge < -0.3 is 5.11 Å². The summed E-state index contributed by atoms with van der Waals surface area (Å²) in [6.07, 6.45) is 0. The van der Waals surface area contributed by atoms with Gasteiger partial charge in [-0.2, -0.15) is 0 Å². The second kappa shape index (κ2) is 3.87. The minimum Gasteiger partial charge on any atom is -0.508 e. The van der Waals surface area contributed by atoms with E-state index in [4.69, 9.17) is 0 Å². The molecular formula is C14H11NO3. The SMILES string of the molecule is Oc1ccc2cc(N(O)O)c3ccccc3c2c1. The van der Waals surface area contributed by atoms with Gasteiger partial charge in [0.15, 0.2) is 0 Å². The van der Waals surface area contributed by atoms with Crippen LogP contribution in [0.3, 0.4) is 0 Å². The van der Waals surface area contributed by atoms with Crippen molar-refractivity contribution in [2.75, 3.05) is 5.23 Å². The molecule has 0 aliphatic heterocycles. The van der Waals surface area contributed by atoms with Gasteiger partial charge >= 0.3 is 0 Å². The molecule has 0 aliphatic rings. The normalized spacial score (nSPS) is 11.0. The monoisotopic (exact) mass is 241 g/mol. The number of hydrogen-bond donors (Lipinski definition) is 3. The van der Waals surface area contributed by atoms with E-state index < -0.39 is 0 Å². The van der Waals surface area contributed by atoms with Crippen LogP contribution < -0.4 is 5.23 Å². The van der Waals surface area contributed by atoms with Gasteiger partial charge in [-0.15, -0.1) is 5.23 Å². The molecule has 90 valence electrons. The van der Waals surface area contributed by atoms with Gasteiger partial charge in [-0.3, -0.25) is 10.4 Å². The molecule has 0 heterocycles. The summed E-state index contributed by atoms with van der Waals surface area (Å²) in [7, 11) is 0. The Morgan fingerprint density at radius 3 is 2.22 bits per heavy atom. The number of anilines is 1. The molecule has 0 aromatic heterocycles. The van der Waals surface area contributed by atoms with Gasteiger partial charge in [-0.25, -0.2) is 0 Å². The highest BCUT2D eigenvalue weighted by Gasteiger charge is 2.10. The summed E-state index contributed by atoms with van der Waals surface area (Å²) in [6.45, 7) is 0. The minimum atomic E-state index is 0.120. The minimum absolute atomic E-state index is 0.120. The maximum atomic E-state index is 9.56. The third kappa shape index (κ3) is 1.55. The topological polar surface area (TPSA) is 63.9 Å². The van der Waals surface area contributed by atoms with Gasteiger partial charge in [0, 0.05) is 5.39 Å². The van der Waals surface area contributed by atoms with Crippen molar-refractivity contribution in [2.24, 2.45) is 0 Å². The van der Waals surface area contributed by atoms with Crippen LogP contribution in [0, 0.1) is 0 Å². The van der Waals surface area contributed by atoms with Gasteiger partial charge in [-0.05, 0) is 34.4 Å². The number of fused-ring (bicyclic) bond motifs is 3. The van der Waals surface area contributed by atoms with E-state index in [0.717, 1.165) is 16.2 Å². The summed E-state index contributed by atoms with van der Waals surface area (Å²) in [5.41, 5.74) is 0.309. The lowest BCUT2D eigenvalue weighted by molar-refractivity contribution is 0.0300. The van der Waals surface area contributed by atoms with Gasteiger partial charge in [-0.1, -0.05) is 30.3 Å². The van der Waals surface area contributed by atoms with Crippen molar-refractivity contribution in [3.63, 3.8) is 0 Å². The Bertz CT molecular complexity index is 738. The summed E-state index contributed by atoms with van der Waals surface area (Å²) in [5, 5.41) is 31.5. The van der Waals surface area contributed by atoms with Crippen molar-refractivity contribution in [1.29, 1.82) is 0 Å². The fraction of sp³-hybridized carbons (Fsp3) is 0. The van der Waals surface area contributed by atoms with E-state index >= 15 is 0 Å². The summed E-state index contributed by atoms with van der Waals surface area (Å²) in [4.78, 5) is 0. The molecule has 4 heteroatoms. The standard InChI is InChI=1S/C14H11NO3/c16-10-6-5-9-7-14(15(17)18)12-4-2-1-3-11(12)13(9)8-10/h1-8,16-18H. The molecule has 0 saturated carbocycles. The van der Waals surface area contributed by atoms with Crippen LogP contribution in [-0.4, -0.2) is 15.5 Å². The Labute approximate surface area is 103 Å². The molecule has 0 amide bonds. The molecule has 0 saturated heterocycles. The zero-order valence-corrected chi connectivity index (χ0v) is 9.41. The molecule has 0 bridgehead atoms. The Kier molecular flexibility index (Phi) is 2.33. The number of nitrogens with zero attached hydrogens (tertiary/aromatic N) is 1. The second-order valence-electron chi connectivity index (χ2n) is 4.14. The molecule has 0 fully saturated rings. The van der Waals surface area contributed by atoms with E-state index in [9.17, 15) is 15.5 Å². The van der Waals surface area contributed by atoms with Gasteiger partial charge in [0.25, 0.3) is 0 Å². The van der Waals surface area contributed by atoms with E-state index in [1.54, 1.807) is 30.3 Å². The first-order chi connectivity index (χ1) is 8.66. The van der Waals surface area contributed by atoms with Crippen LogP contribution in [0.1, 0.15) is 0 Å². The van der Waals surface area contributed by atoms with Crippen LogP contribution in [0.15, 0.2) is 48.5 Å². The lowest BCUT2D eigenvalue weighted by Crippen LogP contribution is -2.11. The number of rotatable bonds is 1. The highest BCUT2D eigenvalue weighted by atomic mass is 16.8. The Morgan fingerprint density at radius 2 is 1.50 bits per heavy atom. The molecular weight excluding hydrogens is 230 g/mol. The first-order valence-corrected chi connectivity index (χ1v) is 5.49. The molecule has 3 aromatic carbocycles. The molecule has 3 N–H and O–H groups in total. The molecule has 0 unspecified atom stereocenters. The summed E-state index contributed by atoms with van der Waals surface area (Å²) in [5.74, 6) is 0.185. The van der Waals surface area contributed by atoms with E-state index in [1.807, 2.05) is 18.2 Å². The van der Waals surface area contributed by atoms with Crippen LogP contribution in [0.4, 0.5) is 5.69 Å². The largest absolute Gasteiger partial charge is 0.508 e. The molecule has 18 heavy (non-hydrogen) atoms. The predicted octanol–water partition coefficient (Wildman–Crippen LogP) is 3.28. The van der Waals surface area contributed by atoms with Crippen LogP contribution in [0.5, 0.6) is 5.75 Å². The third-order valence-electron chi connectivity index (χ3n) is 3.04. The van der Waals surface area contributed by atoms with Crippen molar-refractivity contribution in [3.8, 4) is 5.75 Å². The van der Waals surface area contributed by atoms with Crippen LogP contribution in [0.2, 0.25) is 0 Å². The lowest BCUT2D eigenvalue weighted by Gasteiger charge is -2.13. The van der Waals surface area contributed by atoms with Crippen molar-refractivity contribution < 1.29 is 15.5 Å². The van der Waals surface area contributed by atoms with Gasteiger partial charge in [0.1, 0.15) is 11.4 Å². The Hall–Kier alpha value is -2.30. The highest BCUT2D eigenvalue weighted by molar-refractivity contribution is 6.13. The van der Waals surface area contributed by atoms with Crippen molar-refractivity contribution in [1.82, 2.24) is 0 Å². The summed E-state index contributed by atoms with van der Waals surface area (Å²) < 4.78 is 0. The Morgan fingerprint density at radius 1 is 0.778 bits per heavy atom. The van der Waals surface area contributed by atoms with E-state index in [2.05, 4.69) is 0 Å². The Balaban J connectivity index is 2.53. The quantitative estimate of drug-likeness (QED) is 0.452. The number of benzene rings is 3. The zero-order chi connectivity index (χ0) is 12.7.